The highest BCUT2D eigenvalue weighted by atomic mass is 16.4. The summed E-state index contributed by atoms with van der Waals surface area (Å²) >= 11 is 0. The van der Waals surface area contributed by atoms with Crippen LogP contribution in [0.25, 0.3) is 0 Å². The van der Waals surface area contributed by atoms with Gasteiger partial charge in [-0.2, -0.15) is 0 Å². The van der Waals surface area contributed by atoms with Crippen molar-refractivity contribution in [3.8, 4) is 0 Å². The van der Waals surface area contributed by atoms with Gasteiger partial charge in [-0.25, -0.2) is 9.79 Å². The van der Waals surface area contributed by atoms with Crippen molar-refractivity contribution in [3.05, 3.63) is 36.4 Å². The molecule has 1 N–H and O–H groups in total. The fraction of sp³-hybridized carbons (Fsp3) is 0. The van der Waals surface area contributed by atoms with Crippen molar-refractivity contribution >= 4 is 17.5 Å². The standard InChI is InChI=1S/C9H7NO2/c1-2-10-8-5-3-7(4-6-8)9(11)12/h3-6H,1H2,(H,11,12). The Morgan fingerprint density at radius 2 is 2.00 bits per heavy atom. The van der Waals surface area contributed by atoms with E-state index in [1.165, 1.54) is 12.1 Å². The second-order valence-corrected chi connectivity index (χ2v) is 2.12. The largest absolute Gasteiger partial charge is 0.478 e. The molecule has 1 rings (SSSR count). The molecule has 0 spiro atoms. The van der Waals surface area contributed by atoms with Gasteiger partial charge in [-0.15, -0.1) is 0 Å². The molecule has 0 amide bonds. The molecule has 3 heteroatoms. The first-order valence-corrected chi connectivity index (χ1v) is 3.30. The minimum atomic E-state index is -0.941. The average Bonchev–Trinajstić information content (AvgIpc) is 2.06. The normalized spacial score (nSPS) is 8.67. The highest BCUT2D eigenvalue weighted by Gasteiger charge is 1.99. The third-order valence-corrected chi connectivity index (χ3v) is 1.32. The summed E-state index contributed by atoms with van der Waals surface area (Å²) in [5.41, 5.74) is 0.896. The highest BCUT2D eigenvalue weighted by Crippen LogP contribution is 2.11. The summed E-state index contributed by atoms with van der Waals surface area (Å²) in [7, 11) is 0. The fourth-order valence-corrected chi connectivity index (χ4v) is 0.770. The van der Waals surface area contributed by atoms with Crippen LogP contribution in [0.1, 0.15) is 10.4 Å². The maximum absolute atomic E-state index is 10.4. The smallest absolute Gasteiger partial charge is 0.335 e. The van der Waals surface area contributed by atoms with Gasteiger partial charge in [0, 0.05) is 0 Å². The molecule has 3 nitrogen and oxygen atoms in total. The molecule has 0 fully saturated rings. The maximum atomic E-state index is 10.4. The molecule has 0 bridgehead atoms. The summed E-state index contributed by atoms with van der Waals surface area (Å²) in [6, 6.07) is 6.17. The van der Waals surface area contributed by atoms with Crippen LogP contribution in [0.2, 0.25) is 0 Å². The van der Waals surface area contributed by atoms with E-state index < -0.39 is 5.97 Å². The second-order valence-electron chi connectivity index (χ2n) is 2.12. The Morgan fingerprint density at radius 3 is 2.42 bits per heavy atom. The highest BCUT2D eigenvalue weighted by molar-refractivity contribution is 5.87. The average molecular weight is 161 g/mol. The number of nitrogens with zero attached hydrogens (tertiary/aromatic N) is 1. The summed E-state index contributed by atoms with van der Waals surface area (Å²) in [4.78, 5) is 14.2. The SMILES string of the molecule is C=C=Nc1ccc(C(=O)O)cc1. The topological polar surface area (TPSA) is 49.7 Å². The molecule has 1 aromatic carbocycles. The molecule has 0 heterocycles. The van der Waals surface area contributed by atoms with Gasteiger partial charge in [-0.3, -0.25) is 0 Å². The van der Waals surface area contributed by atoms with Gasteiger partial charge in [0.05, 0.1) is 11.3 Å². The van der Waals surface area contributed by atoms with E-state index in [1.807, 2.05) is 0 Å². The Hall–Kier alpha value is -1.86. The van der Waals surface area contributed by atoms with Crippen LogP contribution in [-0.2, 0) is 0 Å². The molecule has 0 aliphatic heterocycles. The number of hydrogen-bond acceptors (Lipinski definition) is 2. The quantitative estimate of drug-likeness (QED) is 0.673. The van der Waals surface area contributed by atoms with Gasteiger partial charge < -0.3 is 5.11 Å². The molecule has 1 aromatic rings. The Bertz CT molecular complexity index is 313. The minimum absolute atomic E-state index is 0.248. The van der Waals surface area contributed by atoms with Gasteiger partial charge >= 0.3 is 5.97 Å². The molecule has 0 radical (unpaired) electrons. The van der Waals surface area contributed by atoms with Gasteiger partial charge in [0.2, 0.25) is 0 Å². The van der Waals surface area contributed by atoms with Crippen LogP contribution in [0, 0.1) is 0 Å². The molecule has 12 heavy (non-hydrogen) atoms. The molecular formula is C9H7NO2. The first-order chi connectivity index (χ1) is 5.74. The number of aliphatic imine (C=N–C) groups is 1. The minimum Gasteiger partial charge on any atom is -0.478 e. The van der Waals surface area contributed by atoms with Crippen LogP contribution in [-0.4, -0.2) is 16.9 Å². The Morgan fingerprint density at radius 1 is 1.42 bits per heavy atom. The van der Waals surface area contributed by atoms with Crippen LogP contribution in [0.4, 0.5) is 5.69 Å². The van der Waals surface area contributed by atoms with E-state index in [9.17, 15) is 4.79 Å². The van der Waals surface area contributed by atoms with E-state index in [0.29, 0.717) is 5.69 Å². The predicted octanol–water partition coefficient (Wildman–Crippen LogP) is 1.87. The number of carboxylic acids is 1. The van der Waals surface area contributed by atoms with E-state index in [-0.39, 0.29) is 5.56 Å². The Kier molecular flexibility index (Phi) is 2.41. The predicted molar refractivity (Wildman–Crippen MR) is 46.1 cm³/mol. The number of carboxylic acid groups (broad SMARTS) is 1. The molecule has 0 aromatic heterocycles. The molecule has 0 aliphatic rings. The molecule has 0 unspecified atom stereocenters. The maximum Gasteiger partial charge on any atom is 0.335 e. The molecule has 0 saturated heterocycles. The van der Waals surface area contributed by atoms with Crippen molar-refractivity contribution in [2.24, 2.45) is 4.99 Å². The van der Waals surface area contributed by atoms with Crippen molar-refractivity contribution in [2.45, 2.75) is 0 Å². The molecule has 0 aliphatic carbocycles. The van der Waals surface area contributed by atoms with Gasteiger partial charge in [0.15, 0.2) is 0 Å². The second kappa shape index (κ2) is 3.51. The molecule has 0 atom stereocenters. The summed E-state index contributed by atoms with van der Waals surface area (Å²) in [5, 5.41) is 8.55. The Labute approximate surface area is 69.7 Å². The number of carbonyl (C=O) groups is 1. The first-order valence-electron chi connectivity index (χ1n) is 3.30. The van der Waals surface area contributed by atoms with E-state index in [1.54, 1.807) is 12.1 Å². The zero-order valence-electron chi connectivity index (χ0n) is 6.32. The van der Waals surface area contributed by atoms with Crippen LogP contribution < -0.4 is 0 Å². The fourth-order valence-electron chi connectivity index (χ4n) is 0.770. The van der Waals surface area contributed by atoms with Crippen molar-refractivity contribution in [2.75, 3.05) is 0 Å². The van der Waals surface area contributed by atoms with Crippen LogP contribution >= 0.6 is 0 Å². The van der Waals surface area contributed by atoms with Crippen LogP contribution in [0.15, 0.2) is 35.8 Å². The van der Waals surface area contributed by atoms with E-state index in [0.717, 1.165) is 0 Å². The number of hydrogen-bond donors (Lipinski definition) is 1. The van der Waals surface area contributed by atoms with Crippen molar-refractivity contribution in [1.29, 1.82) is 0 Å². The lowest BCUT2D eigenvalue weighted by Crippen LogP contribution is -1.93. The first kappa shape index (κ1) is 8.24. The molecule has 60 valence electrons. The summed E-state index contributed by atoms with van der Waals surface area (Å²) in [6.07, 6.45) is 0. The lowest BCUT2D eigenvalue weighted by molar-refractivity contribution is 0.0697. The lowest BCUT2D eigenvalue weighted by atomic mass is 10.2. The molecule has 0 saturated carbocycles. The number of rotatable bonds is 2. The Balaban J connectivity index is 3.00. The molecular weight excluding hydrogens is 154 g/mol. The van der Waals surface area contributed by atoms with E-state index >= 15 is 0 Å². The van der Waals surface area contributed by atoms with Gasteiger partial charge in [-0.1, -0.05) is 0 Å². The van der Waals surface area contributed by atoms with Crippen molar-refractivity contribution < 1.29 is 9.90 Å². The number of aromatic carboxylic acids is 1. The summed E-state index contributed by atoms with van der Waals surface area (Å²) in [5.74, 6) is 1.42. The van der Waals surface area contributed by atoms with Crippen molar-refractivity contribution in [3.63, 3.8) is 0 Å². The summed E-state index contributed by atoms with van der Waals surface area (Å²) in [6.45, 7) is 3.31. The summed E-state index contributed by atoms with van der Waals surface area (Å²) < 4.78 is 0. The van der Waals surface area contributed by atoms with E-state index in [2.05, 4.69) is 17.4 Å². The third kappa shape index (κ3) is 1.81. The monoisotopic (exact) mass is 161 g/mol. The number of benzene rings is 1. The van der Waals surface area contributed by atoms with Gasteiger partial charge in [-0.05, 0) is 36.7 Å². The van der Waals surface area contributed by atoms with Gasteiger partial charge in [0.1, 0.15) is 0 Å². The van der Waals surface area contributed by atoms with Crippen LogP contribution in [0.5, 0.6) is 0 Å². The zero-order chi connectivity index (χ0) is 8.97. The van der Waals surface area contributed by atoms with Crippen LogP contribution in [0.3, 0.4) is 0 Å². The zero-order valence-corrected chi connectivity index (χ0v) is 6.32. The third-order valence-electron chi connectivity index (χ3n) is 1.32. The van der Waals surface area contributed by atoms with Gasteiger partial charge in [0.25, 0.3) is 0 Å². The van der Waals surface area contributed by atoms with E-state index in [4.69, 9.17) is 5.11 Å². The van der Waals surface area contributed by atoms with Crippen molar-refractivity contribution in [1.82, 2.24) is 0 Å². The lowest BCUT2D eigenvalue weighted by Gasteiger charge is -1.93.